The summed E-state index contributed by atoms with van der Waals surface area (Å²) >= 11 is 0. The second kappa shape index (κ2) is 4.84. The minimum absolute atomic E-state index is 0.00861. The number of para-hydroxylation sites is 1. The summed E-state index contributed by atoms with van der Waals surface area (Å²) in [6.07, 6.45) is 3.31. The molecule has 1 aromatic rings. The Labute approximate surface area is 95.3 Å². The standard InChI is InChI=1S/C13H15NO2/c1-2-3-9-12-10-14(13(15)16-12)11-7-5-4-6-8-11/h2,4-8,12H,1,3,9-10H2. The Hall–Kier alpha value is -1.77. The van der Waals surface area contributed by atoms with Crippen LogP contribution >= 0.6 is 0 Å². The summed E-state index contributed by atoms with van der Waals surface area (Å²) < 4.78 is 5.27. The maximum atomic E-state index is 11.6. The first-order chi connectivity index (χ1) is 7.81. The summed E-state index contributed by atoms with van der Waals surface area (Å²) in [7, 11) is 0. The summed E-state index contributed by atoms with van der Waals surface area (Å²) in [4.78, 5) is 13.3. The highest BCUT2D eigenvalue weighted by molar-refractivity contribution is 5.89. The van der Waals surface area contributed by atoms with Gasteiger partial charge in [-0.3, -0.25) is 4.90 Å². The quantitative estimate of drug-likeness (QED) is 0.725. The normalized spacial score (nSPS) is 19.6. The fraction of sp³-hybridized carbons (Fsp3) is 0.308. The summed E-state index contributed by atoms with van der Waals surface area (Å²) in [5.74, 6) is 0. The van der Waals surface area contributed by atoms with Gasteiger partial charge >= 0.3 is 6.09 Å². The molecule has 16 heavy (non-hydrogen) atoms. The van der Waals surface area contributed by atoms with Crippen molar-refractivity contribution >= 4 is 11.8 Å². The fourth-order valence-corrected chi connectivity index (χ4v) is 1.79. The van der Waals surface area contributed by atoms with Crippen LogP contribution in [0.15, 0.2) is 43.0 Å². The largest absolute Gasteiger partial charge is 0.444 e. The summed E-state index contributed by atoms with van der Waals surface area (Å²) in [6.45, 7) is 4.30. The van der Waals surface area contributed by atoms with E-state index < -0.39 is 0 Å². The zero-order valence-electron chi connectivity index (χ0n) is 9.13. The lowest BCUT2D eigenvalue weighted by molar-refractivity contribution is 0.137. The van der Waals surface area contributed by atoms with Crippen molar-refractivity contribution in [2.24, 2.45) is 0 Å². The molecule has 0 N–H and O–H groups in total. The highest BCUT2D eigenvalue weighted by Crippen LogP contribution is 2.22. The molecule has 1 aromatic carbocycles. The number of benzene rings is 1. The maximum Gasteiger partial charge on any atom is 0.414 e. The molecule has 1 aliphatic heterocycles. The van der Waals surface area contributed by atoms with E-state index in [1.165, 1.54) is 0 Å². The van der Waals surface area contributed by atoms with Gasteiger partial charge in [0, 0.05) is 5.69 Å². The van der Waals surface area contributed by atoms with Crippen LogP contribution in [-0.2, 0) is 4.74 Å². The molecule has 0 saturated carbocycles. The SMILES string of the molecule is C=CCCC1CN(c2ccccc2)C(=O)O1. The van der Waals surface area contributed by atoms with Crippen molar-refractivity contribution in [2.45, 2.75) is 18.9 Å². The van der Waals surface area contributed by atoms with Gasteiger partial charge < -0.3 is 4.74 Å². The molecule has 0 radical (unpaired) electrons. The van der Waals surface area contributed by atoms with Crippen molar-refractivity contribution in [3.63, 3.8) is 0 Å². The smallest absolute Gasteiger partial charge is 0.414 e. The minimum Gasteiger partial charge on any atom is -0.444 e. The van der Waals surface area contributed by atoms with Crippen molar-refractivity contribution in [3.05, 3.63) is 43.0 Å². The van der Waals surface area contributed by atoms with Crippen LogP contribution in [0.1, 0.15) is 12.8 Å². The second-order valence-electron chi connectivity index (χ2n) is 3.82. The molecule has 84 valence electrons. The van der Waals surface area contributed by atoms with Gasteiger partial charge in [-0.1, -0.05) is 24.3 Å². The average molecular weight is 217 g/mol. The van der Waals surface area contributed by atoms with E-state index in [9.17, 15) is 4.79 Å². The number of ether oxygens (including phenoxy) is 1. The molecule has 0 bridgehead atoms. The number of cyclic esters (lactones) is 1. The second-order valence-corrected chi connectivity index (χ2v) is 3.82. The molecule has 0 aromatic heterocycles. The highest BCUT2D eigenvalue weighted by Gasteiger charge is 2.31. The predicted molar refractivity (Wildman–Crippen MR) is 63.5 cm³/mol. The number of carbonyl (C=O) groups excluding carboxylic acids is 1. The minimum atomic E-state index is -0.250. The van der Waals surface area contributed by atoms with Gasteiger partial charge in [0.25, 0.3) is 0 Å². The van der Waals surface area contributed by atoms with E-state index in [0.717, 1.165) is 18.5 Å². The third-order valence-electron chi connectivity index (χ3n) is 2.63. The lowest BCUT2D eigenvalue weighted by Gasteiger charge is -2.12. The fourth-order valence-electron chi connectivity index (χ4n) is 1.79. The summed E-state index contributed by atoms with van der Waals surface area (Å²) in [5.41, 5.74) is 0.897. The predicted octanol–water partition coefficient (Wildman–Crippen LogP) is 2.98. The van der Waals surface area contributed by atoms with E-state index in [1.54, 1.807) is 4.90 Å². The number of anilines is 1. The zero-order chi connectivity index (χ0) is 11.4. The van der Waals surface area contributed by atoms with Gasteiger partial charge in [-0.2, -0.15) is 0 Å². The van der Waals surface area contributed by atoms with Crippen LogP contribution in [0.2, 0.25) is 0 Å². The molecule has 3 nitrogen and oxygen atoms in total. The summed E-state index contributed by atoms with van der Waals surface area (Å²) in [6, 6.07) is 9.59. The molecule has 1 aliphatic rings. The molecule has 1 amide bonds. The van der Waals surface area contributed by atoms with Crippen molar-refractivity contribution < 1.29 is 9.53 Å². The number of rotatable bonds is 4. The molecule has 0 spiro atoms. The Bertz CT molecular complexity index is 375. The molecule has 1 heterocycles. The monoisotopic (exact) mass is 217 g/mol. The first kappa shape index (κ1) is 10.7. The van der Waals surface area contributed by atoms with E-state index in [0.29, 0.717) is 6.54 Å². The highest BCUT2D eigenvalue weighted by atomic mass is 16.6. The molecule has 1 saturated heterocycles. The Kier molecular flexibility index (Phi) is 3.25. The molecule has 3 heteroatoms. The Balaban J connectivity index is 2.02. The number of carbonyl (C=O) groups is 1. The molecule has 0 aliphatic carbocycles. The third-order valence-corrected chi connectivity index (χ3v) is 2.63. The third kappa shape index (κ3) is 2.24. The average Bonchev–Trinajstić information content (AvgIpc) is 2.69. The lowest BCUT2D eigenvalue weighted by Crippen LogP contribution is -2.24. The van der Waals surface area contributed by atoms with E-state index in [4.69, 9.17) is 4.74 Å². The van der Waals surface area contributed by atoms with Crippen molar-refractivity contribution in [1.29, 1.82) is 0 Å². The van der Waals surface area contributed by atoms with E-state index >= 15 is 0 Å². The van der Waals surface area contributed by atoms with Crippen LogP contribution in [0.4, 0.5) is 10.5 Å². The Morgan fingerprint density at radius 2 is 2.19 bits per heavy atom. The molecule has 2 rings (SSSR count). The van der Waals surface area contributed by atoms with Gasteiger partial charge in [-0.15, -0.1) is 6.58 Å². The molecule has 1 fully saturated rings. The van der Waals surface area contributed by atoms with Gasteiger partial charge in [0.15, 0.2) is 0 Å². The van der Waals surface area contributed by atoms with Gasteiger partial charge in [0.2, 0.25) is 0 Å². The lowest BCUT2D eigenvalue weighted by atomic mass is 10.2. The van der Waals surface area contributed by atoms with Gasteiger partial charge in [0.05, 0.1) is 6.54 Å². The van der Waals surface area contributed by atoms with Gasteiger partial charge in [0.1, 0.15) is 6.10 Å². The van der Waals surface area contributed by atoms with Crippen LogP contribution in [0.25, 0.3) is 0 Å². The van der Waals surface area contributed by atoms with Gasteiger partial charge in [-0.25, -0.2) is 4.79 Å². The van der Waals surface area contributed by atoms with Crippen molar-refractivity contribution in [1.82, 2.24) is 0 Å². The number of hydrogen-bond donors (Lipinski definition) is 0. The molecular formula is C13H15NO2. The Morgan fingerprint density at radius 1 is 1.44 bits per heavy atom. The van der Waals surface area contributed by atoms with Crippen LogP contribution in [0, 0.1) is 0 Å². The molecule has 1 unspecified atom stereocenters. The number of amides is 1. The number of hydrogen-bond acceptors (Lipinski definition) is 2. The van der Waals surface area contributed by atoms with E-state index in [-0.39, 0.29) is 12.2 Å². The first-order valence-corrected chi connectivity index (χ1v) is 5.45. The molecular weight excluding hydrogens is 202 g/mol. The van der Waals surface area contributed by atoms with Crippen molar-refractivity contribution in [3.8, 4) is 0 Å². The first-order valence-electron chi connectivity index (χ1n) is 5.45. The van der Waals surface area contributed by atoms with Crippen LogP contribution in [0.5, 0.6) is 0 Å². The van der Waals surface area contributed by atoms with Gasteiger partial charge in [-0.05, 0) is 25.0 Å². The van der Waals surface area contributed by atoms with E-state index in [1.807, 2.05) is 36.4 Å². The van der Waals surface area contributed by atoms with Crippen LogP contribution in [-0.4, -0.2) is 18.7 Å². The van der Waals surface area contributed by atoms with Crippen molar-refractivity contribution in [2.75, 3.05) is 11.4 Å². The zero-order valence-corrected chi connectivity index (χ0v) is 9.13. The van der Waals surface area contributed by atoms with E-state index in [2.05, 4.69) is 6.58 Å². The Morgan fingerprint density at radius 3 is 2.88 bits per heavy atom. The van der Waals surface area contributed by atoms with Crippen LogP contribution < -0.4 is 4.90 Å². The maximum absolute atomic E-state index is 11.6. The van der Waals surface area contributed by atoms with Crippen LogP contribution in [0.3, 0.4) is 0 Å². The topological polar surface area (TPSA) is 29.5 Å². The number of nitrogens with zero attached hydrogens (tertiary/aromatic N) is 1. The number of allylic oxidation sites excluding steroid dienone is 1. The molecule has 1 atom stereocenters. The summed E-state index contributed by atoms with van der Waals surface area (Å²) in [5, 5.41) is 0.